The Bertz CT molecular complexity index is 467. The second-order valence-corrected chi connectivity index (χ2v) is 5.03. The number of hydrogen-bond donors (Lipinski definition) is 2. The summed E-state index contributed by atoms with van der Waals surface area (Å²) < 4.78 is 26.1. The molecule has 1 aromatic rings. The Morgan fingerprint density at radius 1 is 1.38 bits per heavy atom. The van der Waals surface area contributed by atoms with Crippen LogP contribution in [-0.4, -0.2) is 15.0 Å². The molecule has 0 heterocycles. The molecule has 1 aromatic carbocycles. The number of rotatable bonds is 5. The molecule has 0 bridgehead atoms. The molecular formula is C11H16N2O2S. The third-order valence-electron chi connectivity index (χ3n) is 2.05. The van der Waals surface area contributed by atoms with Gasteiger partial charge in [-0.05, 0) is 25.5 Å². The molecule has 0 amide bonds. The third-order valence-corrected chi connectivity index (χ3v) is 3.58. The number of allylic oxidation sites excluding steroid dienone is 1. The molecule has 0 unspecified atom stereocenters. The lowest BCUT2D eigenvalue weighted by molar-refractivity contribution is 0.582. The lowest BCUT2D eigenvalue weighted by atomic mass is 10.3. The lowest BCUT2D eigenvalue weighted by Gasteiger charge is -2.07. The minimum absolute atomic E-state index is 0.135. The molecule has 5 heteroatoms. The summed E-state index contributed by atoms with van der Waals surface area (Å²) in [5.41, 5.74) is 5.87. The summed E-state index contributed by atoms with van der Waals surface area (Å²) >= 11 is 0. The van der Waals surface area contributed by atoms with Crippen molar-refractivity contribution in [3.8, 4) is 0 Å². The third kappa shape index (κ3) is 3.36. The first kappa shape index (κ1) is 12.7. The molecule has 4 nitrogen and oxygen atoms in total. The number of benzene rings is 1. The Balaban J connectivity index is 2.75. The van der Waals surface area contributed by atoms with E-state index in [0.717, 1.165) is 0 Å². The van der Waals surface area contributed by atoms with Gasteiger partial charge in [0.2, 0.25) is 10.0 Å². The molecule has 88 valence electrons. The molecular weight excluding hydrogens is 224 g/mol. The van der Waals surface area contributed by atoms with Gasteiger partial charge in [0.25, 0.3) is 0 Å². The molecule has 1 rings (SSSR count). The van der Waals surface area contributed by atoms with E-state index in [0.29, 0.717) is 13.0 Å². The van der Waals surface area contributed by atoms with Gasteiger partial charge in [-0.15, -0.1) is 0 Å². The number of anilines is 1. The number of nitrogens with one attached hydrogen (secondary N) is 1. The summed E-state index contributed by atoms with van der Waals surface area (Å²) in [4.78, 5) is 0.135. The summed E-state index contributed by atoms with van der Waals surface area (Å²) in [6, 6.07) is 6.42. The van der Waals surface area contributed by atoms with E-state index >= 15 is 0 Å². The van der Waals surface area contributed by atoms with Crippen molar-refractivity contribution in [1.82, 2.24) is 4.72 Å². The van der Waals surface area contributed by atoms with Crippen LogP contribution in [0.3, 0.4) is 0 Å². The fourth-order valence-corrected chi connectivity index (χ4v) is 2.42. The van der Waals surface area contributed by atoms with Gasteiger partial charge in [0.1, 0.15) is 4.90 Å². The molecule has 0 spiro atoms. The molecule has 0 saturated carbocycles. The van der Waals surface area contributed by atoms with E-state index in [1.54, 1.807) is 18.2 Å². The Morgan fingerprint density at radius 3 is 2.69 bits per heavy atom. The highest BCUT2D eigenvalue weighted by Crippen LogP contribution is 2.16. The average Bonchev–Trinajstić information content (AvgIpc) is 2.25. The molecule has 0 fully saturated rings. The fourth-order valence-electron chi connectivity index (χ4n) is 1.25. The van der Waals surface area contributed by atoms with E-state index in [1.807, 2.05) is 19.1 Å². The van der Waals surface area contributed by atoms with Gasteiger partial charge in [-0.1, -0.05) is 24.3 Å². The maximum absolute atomic E-state index is 11.8. The first-order valence-electron chi connectivity index (χ1n) is 5.03. The van der Waals surface area contributed by atoms with Gasteiger partial charge in [0.15, 0.2) is 0 Å². The average molecular weight is 240 g/mol. The molecule has 0 atom stereocenters. The Labute approximate surface area is 96.2 Å². The summed E-state index contributed by atoms with van der Waals surface area (Å²) in [6.07, 6.45) is 4.45. The van der Waals surface area contributed by atoms with Gasteiger partial charge < -0.3 is 5.73 Å². The van der Waals surface area contributed by atoms with Crippen LogP contribution in [0.1, 0.15) is 13.3 Å². The maximum Gasteiger partial charge on any atom is 0.242 e. The summed E-state index contributed by atoms with van der Waals surface area (Å²) in [5.74, 6) is 0. The number of hydrogen-bond acceptors (Lipinski definition) is 3. The van der Waals surface area contributed by atoms with Crippen LogP contribution in [0.5, 0.6) is 0 Å². The molecule has 0 aromatic heterocycles. The van der Waals surface area contributed by atoms with Crippen LogP contribution >= 0.6 is 0 Å². The highest BCUT2D eigenvalue weighted by Gasteiger charge is 2.15. The molecule has 0 aliphatic heterocycles. The number of sulfonamides is 1. The van der Waals surface area contributed by atoms with Gasteiger partial charge in [-0.3, -0.25) is 0 Å². The Hall–Kier alpha value is -1.33. The highest BCUT2D eigenvalue weighted by molar-refractivity contribution is 7.89. The van der Waals surface area contributed by atoms with Crippen LogP contribution in [-0.2, 0) is 10.0 Å². The maximum atomic E-state index is 11.8. The minimum Gasteiger partial charge on any atom is -0.398 e. The van der Waals surface area contributed by atoms with Gasteiger partial charge in [-0.2, -0.15) is 0 Å². The van der Waals surface area contributed by atoms with Crippen molar-refractivity contribution < 1.29 is 8.42 Å². The van der Waals surface area contributed by atoms with Gasteiger partial charge in [0, 0.05) is 6.54 Å². The molecule has 0 saturated heterocycles. The topological polar surface area (TPSA) is 72.2 Å². The first-order chi connectivity index (χ1) is 7.58. The van der Waals surface area contributed by atoms with Crippen molar-refractivity contribution in [3.05, 3.63) is 36.4 Å². The van der Waals surface area contributed by atoms with Crippen LogP contribution in [0.15, 0.2) is 41.3 Å². The lowest BCUT2D eigenvalue weighted by Crippen LogP contribution is -2.25. The quantitative estimate of drug-likeness (QED) is 0.465. The zero-order valence-electron chi connectivity index (χ0n) is 9.18. The minimum atomic E-state index is -3.48. The van der Waals surface area contributed by atoms with Crippen molar-refractivity contribution in [3.63, 3.8) is 0 Å². The van der Waals surface area contributed by atoms with E-state index < -0.39 is 10.0 Å². The van der Waals surface area contributed by atoms with E-state index in [4.69, 9.17) is 5.73 Å². The van der Waals surface area contributed by atoms with Crippen LogP contribution in [0.4, 0.5) is 5.69 Å². The van der Waals surface area contributed by atoms with Gasteiger partial charge in [0.05, 0.1) is 5.69 Å². The number of para-hydroxylation sites is 1. The first-order valence-corrected chi connectivity index (χ1v) is 6.51. The van der Waals surface area contributed by atoms with Crippen molar-refractivity contribution in [2.75, 3.05) is 12.3 Å². The highest BCUT2D eigenvalue weighted by atomic mass is 32.2. The predicted molar refractivity (Wildman–Crippen MR) is 65.5 cm³/mol. The summed E-state index contributed by atoms with van der Waals surface area (Å²) in [5, 5.41) is 0. The molecule has 0 radical (unpaired) electrons. The second-order valence-electron chi connectivity index (χ2n) is 3.29. The number of nitrogens with two attached hydrogens (primary N) is 1. The van der Waals surface area contributed by atoms with Crippen molar-refractivity contribution >= 4 is 15.7 Å². The van der Waals surface area contributed by atoms with Crippen LogP contribution in [0, 0.1) is 0 Å². The van der Waals surface area contributed by atoms with Crippen molar-refractivity contribution in [2.24, 2.45) is 0 Å². The smallest absolute Gasteiger partial charge is 0.242 e. The Morgan fingerprint density at radius 2 is 2.06 bits per heavy atom. The van der Waals surface area contributed by atoms with Gasteiger partial charge in [-0.25, -0.2) is 13.1 Å². The monoisotopic (exact) mass is 240 g/mol. The second kappa shape index (κ2) is 5.67. The van der Waals surface area contributed by atoms with E-state index in [-0.39, 0.29) is 10.6 Å². The summed E-state index contributed by atoms with van der Waals surface area (Å²) in [6.45, 7) is 2.27. The van der Waals surface area contributed by atoms with E-state index in [9.17, 15) is 8.42 Å². The van der Waals surface area contributed by atoms with E-state index in [2.05, 4.69) is 4.72 Å². The standard InChI is InChI=1S/C11H16N2O2S/c1-2-3-6-9-13-16(14,15)11-8-5-4-7-10(11)12/h2-5,7-8,13H,6,9,12H2,1H3/b3-2+. The zero-order chi connectivity index (χ0) is 12.0. The normalized spacial score (nSPS) is 12.1. The fraction of sp³-hybridized carbons (Fsp3) is 0.273. The Kier molecular flexibility index (Phi) is 4.52. The van der Waals surface area contributed by atoms with Crippen molar-refractivity contribution in [2.45, 2.75) is 18.2 Å². The van der Waals surface area contributed by atoms with Crippen molar-refractivity contribution in [1.29, 1.82) is 0 Å². The molecule has 16 heavy (non-hydrogen) atoms. The zero-order valence-corrected chi connectivity index (χ0v) is 10.00. The number of nitrogen functional groups attached to an aromatic ring is 1. The largest absolute Gasteiger partial charge is 0.398 e. The van der Waals surface area contributed by atoms with Gasteiger partial charge >= 0.3 is 0 Å². The van der Waals surface area contributed by atoms with E-state index in [1.165, 1.54) is 6.07 Å². The van der Waals surface area contributed by atoms with Crippen LogP contribution in [0.2, 0.25) is 0 Å². The molecule has 3 N–H and O–H groups in total. The molecule has 0 aliphatic carbocycles. The SMILES string of the molecule is C/C=C/CCNS(=O)(=O)c1ccccc1N. The van der Waals surface area contributed by atoms with Crippen LogP contribution < -0.4 is 10.5 Å². The summed E-state index contributed by atoms with van der Waals surface area (Å²) in [7, 11) is -3.48. The van der Waals surface area contributed by atoms with Crippen LogP contribution in [0.25, 0.3) is 0 Å². The molecule has 0 aliphatic rings. The predicted octanol–water partition coefficient (Wildman–Crippen LogP) is 1.51.